The van der Waals surface area contributed by atoms with Crippen molar-refractivity contribution in [1.29, 1.82) is 5.26 Å². The third-order valence-electron chi connectivity index (χ3n) is 8.69. The van der Waals surface area contributed by atoms with Crippen LogP contribution in [0.4, 0.5) is 27.6 Å². The zero-order valence-corrected chi connectivity index (χ0v) is 26.0. The Bertz CT molecular complexity index is 2780. The molecule has 0 amide bonds. The second kappa shape index (κ2) is 12.1. The first-order valence-electron chi connectivity index (χ1n) is 15.4. The Hall–Kier alpha value is -7.04. The number of rotatable bonds is 4. The van der Waals surface area contributed by atoms with Crippen LogP contribution < -0.4 is 0 Å². The van der Waals surface area contributed by atoms with Crippen LogP contribution in [-0.4, -0.2) is 15.0 Å². The third-order valence-corrected chi connectivity index (χ3v) is 8.69. The number of para-hydroxylation sites is 1. The van der Waals surface area contributed by atoms with E-state index in [1.807, 2.05) is 0 Å². The highest BCUT2D eigenvalue weighted by molar-refractivity contribution is 6.25. The maximum Gasteiger partial charge on any atom is 0.200 e. The molecular weight excluding hydrogens is 657 g/mol. The lowest BCUT2D eigenvalue weighted by atomic mass is 9.90. The van der Waals surface area contributed by atoms with Crippen LogP contribution in [-0.2, 0) is 0 Å². The fourth-order valence-corrected chi connectivity index (χ4v) is 6.30. The Balaban J connectivity index is 1.62. The van der Waals surface area contributed by atoms with Crippen LogP contribution in [0.1, 0.15) is 5.56 Å². The molecule has 8 aromatic rings. The molecule has 2 aromatic heterocycles. The maximum atomic E-state index is 15.8. The van der Waals surface area contributed by atoms with Crippen molar-refractivity contribution < 1.29 is 22.0 Å². The van der Waals surface area contributed by atoms with E-state index in [-0.39, 0.29) is 27.7 Å². The maximum absolute atomic E-state index is 15.8. The summed E-state index contributed by atoms with van der Waals surface area (Å²) in [5.74, 6) is -10.5. The van der Waals surface area contributed by atoms with Gasteiger partial charge in [0.1, 0.15) is 0 Å². The molecule has 0 unspecified atom stereocenters. The van der Waals surface area contributed by atoms with Crippen molar-refractivity contribution in [2.24, 2.45) is 0 Å². The van der Waals surface area contributed by atoms with Gasteiger partial charge in [-0.1, -0.05) is 84.9 Å². The predicted molar refractivity (Wildman–Crippen MR) is 185 cm³/mol. The first-order chi connectivity index (χ1) is 24.8. The van der Waals surface area contributed by atoms with Crippen LogP contribution in [0.5, 0.6) is 0 Å². The van der Waals surface area contributed by atoms with Gasteiger partial charge in [-0.15, -0.1) is 0 Å². The van der Waals surface area contributed by atoms with Gasteiger partial charge in [0.05, 0.1) is 57.4 Å². The second-order valence-corrected chi connectivity index (χ2v) is 11.6. The number of hydrogen-bond donors (Lipinski definition) is 0. The molecule has 0 N–H and O–H groups in total. The van der Waals surface area contributed by atoms with Crippen LogP contribution in [0.25, 0.3) is 82.5 Å². The van der Waals surface area contributed by atoms with Gasteiger partial charge < -0.3 is 0 Å². The van der Waals surface area contributed by atoms with Crippen molar-refractivity contribution in [3.05, 3.63) is 155 Å². The van der Waals surface area contributed by atoms with E-state index in [9.17, 15) is 18.4 Å². The first kappa shape index (κ1) is 31.2. The van der Waals surface area contributed by atoms with Crippen molar-refractivity contribution in [1.82, 2.24) is 15.0 Å². The van der Waals surface area contributed by atoms with E-state index in [1.165, 1.54) is 6.07 Å². The lowest BCUT2D eigenvalue weighted by Gasteiger charge is -2.19. The fraction of sp³-hybridized carbons (Fsp3) is 0. The highest BCUT2D eigenvalue weighted by Gasteiger charge is 2.30. The summed E-state index contributed by atoms with van der Waals surface area (Å²) >= 11 is 0. The Morgan fingerprint density at radius 2 is 1.10 bits per heavy atom. The molecule has 6 aromatic carbocycles. The number of aromatic nitrogens is 3. The first-order valence-corrected chi connectivity index (χ1v) is 15.4. The summed E-state index contributed by atoms with van der Waals surface area (Å²) < 4.78 is 75.7. The average Bonchev–Trinajstić information content (AvgIpc) is 3.18. The second-order valence-electron chi connectivity index (χ2n) is 11.6. The van der Waals surface area contributed by atoms with Crippen molar-refractivity contribution in [3.8, 4) is 51.0 Å². The number of hydrogen-bond acceptors (Lipinski definition) is 4. The molecular formula is C41H18F5N5. The number of fused-ring (bicyclic) bond motifs is 5. The van der Waals surface area contributed by atoms with Gasteiger partial charge in [-0.3, -0.25) is 0 Å². The zero-order valence-electron chi connectivity index (χ0n) is 26.0. The minimum Gasteiger partial charge on any atom is -0.247 e. The van der Waals surface area contributed by atoms with Gasteiger partial charge in [0, 0.05) is 32.8 Å². The minimum absolute atomic E-state index is 0.0958. The van der Waals surface area contributed by atoms with Gasteiger partial charge in [0.15, 0.2) is 29.0 Å². The number of pyridine rings is 1. The van der Waals surface area contributed by atoms with E-state index in [1.54, 1.807) is 103 Å². The average molecular weight is 676 g/mol. The van der Waals surface area contributed by atoms with Crippen molar-refractivity contribution >= 4 is 38.4 Å². The molecule has 0 aliphatic rings. The van der Waals surface area contributed by atoms with E-state index < -0.39 is 34.6 Å². The van der Waals surface area contributed by atoms with Gasteiger partial charge in [0.2, 0.25) is 5.82 Å². The largest absolute Gasteiger partial charge is 0.247 e. The smallest absolute Gasteiger partial charge is 0.200 e. The number of nitriles is 1. The summed E-state index contributed by atoms with van der Waals surface area (Å²) in [4.78, 5) is 18.4. The third kappa shape index (κ3) is 5.01. The number of nitrogens with zero attached hydrogens (tertiary/aromatic N) is 5. The van der Waals surface area contributed by atoms with E-state index in [0.29, 0.717) is 55.6 Å². The standard InChI is InChI=1S/C41H18F5N5/c1-48-25-17-15-24(16-18-25)39-40(23-13-11-21(20-47)12-14-23)51-41-29(50-39)19-27(32-33(42)35(44)37(46)36(45)34(32)43)31-30(41)26-9-5-6-10-28(26)49-38(31)22-7-3-2-4-8-22/h2-19H. The Kier molecular flexibility index (Phi) is 7.43. The van der Waals surface area contributed by atoms with E-state index in [4.69, 9.17) is 21.5 Å². The van der Waals surface area contributed by atoms with E-state index >= 15 is 8.78 Å². The van der Waals surface area contributed by atoms with E-state index in [2.05, 4.69) is 10.9 Å². The molecule has 242 valence electrons. The molecule has 0 atom stereocenters. The molecule has 0 bridgehead atoms. The highest BCUT2D eigenvalue weighted by atomic mass is 19.2. The summed E-state index contributed by atoms with van der Waals surface area (Å²) in [6.07, 6.45) is 0. The van der Waals surface area contributed by atoms with E-state index in [0.717, 1.165) is 0 Å². The van der Waals surface area contributed by atoms with Crippen LogP contribution in [0, 0.1) is 47.0 Å². The molecule has 51 heavy (non-hydrogen) atoms. The van der Waals surface area contributed by atoms with Crippen molar-refractivity contribution in [2.45, 2.75) is 0 Å². The monoisotopic (exact) mass is 675 g/mol. The molecule has 8 rings (SSSR count). The lowest BCUT2D eigenvalue weighted by molar-refractivity contribution is 0.381. The van der Waals surface area contributed by atoms with Crippen molar-refractivity contribution in [3.63, 3.8) is 0 Å². The fourth-order valence-electron chi connectivity index (χ4n) is 6.30. The molecule has 0 radical (unpaired) electrons. The Morgan fingerprint density at radius 1 is 0.549 bits per heavy atom. The molecule has 5 nitrogen and oxygen atoms in total. The van der Waals surface area contributed by atoms with Crippen LogP contribution in [0.15, 0.2) is 109 Å². The van der Waals surface area contributed by atoms with Crippen LogP contribution in [0.3, 0.4) is 0 Å². The number of benzene rings is 6. The molecule has 0 spiro atoms. The zero-order chi connectivity index (χ0) is 35.4. The Labute approximate surface area is 286 Å². The molecule has 0 aliphatic carbocycles. The van der Waals surface area contributed by atoms with Gasteiger partial charge in [-0.05, 0) is 29.8 Å². The van der Waals surface area contributed by atoms with Gasteiger partial charge in [-0.2, -0.15) is 5.26 Å². The lowest BCUT2D eigenvalue weighted by Crippen LogP contribution is -2.06. The molecule has 0 saturated carbocycles. The quantitative estimate of drug-likeness (QED) is 0.0612. The summed E-state index contributed by atoms with van der Waals surface area (Å²) in [7, 11) is 0. The van der Waals surface area contributed by atoms with Gasteiger partial charge in [0.25, 0.3) is 0 Å². The summed E-state index contributed by atoms with van der Waals surface area (Å²) in [6.45, 7) is 7.37. The summed E-state index contributed by atoms with van der Waals surface area (Å²) in [6, 6.07) is 32.3. The highest BCUT2D eigenvalue weighted by Crippen LogP contribution is 2.45. The molecule has 2 heterocycles. The predicted octanol–water partition coefficient (Wildman–Crippen LogP) is 11.1. The Morgan fingerprint density at radius 3 is 1.75 bits per heavy atom. The van der Waals surface area contributed by atoms with Gasteiger partial charge in [-0.25, -0.2) is 41.7 Å². The van der Waals surface area contributed by atoms with Crippen LogP contribution in [0.2, 0.25) is 0 Å². The minimum atomic E-state index is -2.28. The van der Waals surface area contributed by atoms with Gasteiger partial charge >= 0.3 is 0 Å². The SMILES string of the molecule is [C-]#[N+]c1ccc(-c2nc3cc(-c4c(F)c(F)c(F)c(F)c4F)c4c(-c5ccccc5)nc5ccccc5c4c3nc2-c2ccc(C#N)cc2)cc1. The summed E-state index contributed by atoms with van der Waals surface area (Å²) in [5.41, 5.74) is 2.77. The normalized spacial score (nSPS) is 11.2. The van der Waals surface area contributed by atoms with Crippen molar-refractivity contribution in [2.75, 3.05) is 0 Å². The topological polar surface area (TPSA) is 66.8 Å². The number of halogens is 5. The summed E-state index contributed by atoms with van der Waals surface area (Å²) in [5, 5.41) is 10.4. The molecule has 10 heteroatoms. The molecule has 0 aliphatic heterocycles. The molecule has 0 fully saturated rings. The van der Waals surface area contributed by atoms with Crippen LogP contribution >= 0.6 is 0 Å². The molecule has 0 saturated heterocycles.